The largest absolute Gasteiger partial charge is 0.294 e. The Morgan fingerprint density at radius 1 is 1.28 bits per heavy atom. The highest BCUT2D eigenvalue weighted by molar-refractivity contribution is 7.11. The summed E-state index contributed by atoms with van der Waals surface area (Å²) in [6.07, 6.45) is 0.239. The van der Waals surface area contributed by atoms with E-state index in [4.69, 9.17) is 23.2 Å². The van der Waals surface area contributed by atoms with E-state index in [9.17, 15) is 4.79 Å². The highest BCUT2D eigenvalue weighted by atomic mass is 35.5. The van der Waals surface area contributed by atoms with Crippen LogP contribution in [0.25, 0.3) is 0 Å². The number of Topliss-reactive ketones (excluding diaryl/α,β-unsaturated/α-hetero) is 1. The molecule has 1 aromatic heterocycles. The lowest BCUT2D eigenvalue weighted by molar-refractivity contribution is 0.0993. The van der Waals surface area contributed by atoms with Gasteiger partial charge in [-0.2, -0.15) is 0 Å². The number of thiazole rings is 1. The van der Waals surface area contributed by atoms with Gasteiger partial charge in [0.25, 0.3) is 0 Å². The third-order valence-corrected chi connectivity index (χ3v) is 4.33. The van der Waals surface area contributed by atoms with Crippen LogP contribution in [0.5, 0.6) is 0 Å². The topological polar surface area (TPSA) is 30.0 Å². The van der Waals surface area contributed by atoms with E-state index < -0.39 is 0 Å². The van der Waals surface area contributed by atoms with Gasteiger partial charge in [-0.25, -0.2) is 4.98 Å². The average Bonchev–Trinajstić information content (AvgIpc) is 2.57. The Morgan fingerprint density at radius 3 is 2.39 bits per heavy atom. The first-order valence-corrected chi connectivity index (χ1v) is 6.96. The van der Waals surface area contributed by atoms with Gasteiger partial charge in [0.15, 0.2) is 5.78 Å². The molecular weight excluding hydrogens is 289 g/mol. The zero-order valence-electron chi connectivity index (χ0n) is 9.96. The number of hydrogen-bond donors (Lipinski definition) is 0. The van der Waals surface area contributed by atoms with E-state index in [1.54, 1.807) is 18.2 Å². The standard InChI is InChI=1S/C13H11Cl2NOS/c1-7-8(2)18-12(16-7)6-11(17)13-9(14)4-3-5-10(13)15/h3-5H,6H2,1-2H3. The van der Waals surface area contributed by atoms with E-state index in [-0.39, 0.29) is 12.2 Å². The van der Waals surface area contributed by atoms with Gasteiger partial charge >= 0.3 is 0 Å². The van der Waals surface area contributed by atoms with Crippen LogP contribution in [0.4, 0.5) is 0 Å². The van der Waals surface area contributed by atoms with Gasteiger partial charge in [-0.1, -0.05) is 29.3 Å². The zero-order chi connectivity index (χ0) is 13.3. The van der Waals surface area contributed by atoms with E-state index in [0.717, 1.165) is 15.6 Å². The fraction of sp³-hybridized carbons (Fsp3) is 0.231. The quantitative estimate of drug-likeness (QED) is 0.782. The summed E-state index contributed by atoms with van der Waals surface area (Å²) in [6, 6.07) is 5.05. The van der Waals surface area contributed by atoms with Crippen LogP contribution in [0.2, 0.25) is 10.0 Å². The molecule has 0 N–H and O–H groups in total. The maximum absolute atomic E-state index is 12.2. The van der Waals surface area contributed by atoms with Crippen molar-refractivity contribution in [1.29, 1.82) is 0 Å². The summed E-state index contributed by atoms with van der Waals surface area (Å²) in [6.45, 7) is 3.92. The lowest BCUT2D eigenvalue weighted by Crippen LogP contribution is -2.05. The molecule has 1 heterocycles. The second kappa shape index (κ2) is 5.39. The summed E-state index contributed by atoms with van der Waals surface area (Å²) in [7, 11) is 0. The normalized spacial score (nSPS) is 10.7. The molecule has 1 aromatic carbocycles. The number of aryl methyl sites for hydroxylation is 2. The fourth-order valence-corrected chi connectivity index (χ4v) is 3.15. The minimum atomic E-state index is -0.0978. The number of halogens is 2. The van der Waals surface area contributed by atoms with Crippen LogP contribution in [0.3, 0.4) is 0 Å². The first kappa shape index (κ1) is 13.5. The van der Waals surface area contributed by atoms with Crippen LogP contribution in [0.1, 0.15) is 25.9 Å². The Morgan fingerprint density at radius 2 is 1.89 bits per heavy atom. The summed E-state index contributed by atoms with van der Waals surface area (Å²) < 4.78 is 0. The number of hydrogen-bond acceptors (Lipinski definition) is 3. The van der Waals surface area contributed by atoms with Gasteiger partial charge in [-0.05, 0) is 26.0 Å². The summed E-state index contributed by atoms with van der Waals surface area (Å²) in [4.78, 5) is 17.6. The summed E-state index contributed by atoms with van der Waals surface area (Å²) in [5, 5.41) is 1.57. The molecule has 2 aromatic rings. The Kier molecular flexibility index (Phi) is 4.05. The molecule has 0 bridgehead atoms. The van der Waals surface area contributed by atoms with Crippen molar-refractivity contribution in [2.75, 3.05) is 0 Å². The van der Waals surface area contributed by atoms with Crippen LogP contribution >= 0.6 is 34.5 Å². The van der Waals surface area contributed by atoms with Crippen molar-refractivity contribution in [3.63, 3.8) is 0 Å². The van der Waals surface area contributed by atoms with Gasteiger partial charge in [0, 0.05) is 4.88 Å². The number of ketones is 1. The summed E-state index contributed by atoms with van der Waals surface area (Å²) >= 11 is 13.5. The maximum Gasteiger partial charge on any atom is 0.172 e. The van der Waals surface area contributed by atoms with E-state index in [1.807, 2.05) is 13.8 Å². The molecule has 0 radical (unpaired) electrons. The van der Waals surface area contributed by atoms with Crippen LogP contribution in [-0.2, 0) is 6.42 Å². The number of nitrogens with zero attached hydrogens (tertiary/aromatic N) is 1. The van der Waals surface area contributed by atoms with Gasteiger partial charge in [0.2, 0.25) is 0 Å². The molecular formula is C13H11Cl2NOS. The Balaban J connectivity index is 2.27. The molecule has 2 nitrogen and oxygen atoms in total. The molecule has 0 fully saturated rings. The van der Waals surface area contributed by atoms with Crippen molar-refractivity contribution in [1.82, 2.24) is 4.98 Å². The number of carbonyl (C=O) groups excluding carboxylic acids is 1. The van der Waals surface area contributed by atoms with Gasteiger partial charge < -0.3 is 0 Å². The van der Waals surface area contributed by atoms with Crippen LogP contribution in [0, 0.1) is 13.8 Å². The smallest absolute Gasteiger partial charge is 0.172 e. The van der Waals surface area contributed by atoms with Crippen LogP contribution in [0.15, 0.2) is 18.2 Å². The monoisotopic (exact) mass is 299 g/mol. The molecule has 0 spiro atoms. The van der Waals surface area contributed by atoms with Crippen molar-refractivity contribution in [3.05, 3.63) is 49.4 Å². The van der Waals surface area contributed by atoms with Gasteiger partial charge in [-0.15, -0.1) is 11.3 Å². The predicted molar refractivity (Wildman–Crippen MR) is 76.1 cm³/mol. The van der Waals surface area contributed by atoms with E-state index in [1.165, 1.54) is 11.3 Å². The van der Waals surface area contributed by atoms with Crippen molar-refractivity contribution in [2.45, 2.75) is 20.3 Å². The Labute approximate surface area is 120 Å². The molecule has 18 heavy (non-hydrogen) atoms. The predicted octanol–water partition coefficient (Wildman–Crippen LogP) is 4.49. The Bertz CT molecular complexity index is 567. The van der Waals surface area contributed by atoms with Crippen molar-refractivity contribution >= 4 is 40.3 Å². The van der Waals surface area contributed by atoms with E-state index in [0.29, 0.717) is 15.6 Å². The zero-order valence-corrected chi connectivity index (χ0v) is 12.3. The second-order valence-corrected chi connectivity index (χ2v) is 6.05. The first-order valence-electron chi connectivity index (χ1n) is 5.39. The number of carbonyl (C=O) groups is 1. The molecule has 0 saturated heterocycles. The summed E-state index contributed by atoms with van der Waals surface area (Å²) in [5.41, 5.74) is 1.35. The molecule has 5 heteroatoms. The highest BCUT2D eigenvalue weighted by Crippen LogP contribution is 2.26. The summed E-state index contributed by atoms with van der Waals surface area (Å²) in [5.74, 6) is -0.0978. The van der Waals surface area contributed by atoms with Gasteiger partial charge in [-0.3, -0.25) is 4.79 Å². The van der Waals surface area contributed by atoms with Crippen LogP contribution < -0.4 is 0 Å². The van der Waals surface area contributed by atoms with E-state index >= 15 is 0 Å². The van der Waals surface area contributed by atoms with Crippen molar-refractivity contribution in [2.24, 2.45) is 0 Å². The lowest BCUT2D eigenvalue weighted by Gasteiger charge is -2.04. The molecule has 2 rings (SSSR count). The van der Waals surface area contributed by atoms with E-state index in [2.05, 4.69) is 4.98 Å². The number of aromatic nitrogens is 1. The highest BCUT2D eigenvalue weighted by Gasteiger charge is 2.16. The minimum absolute atomic E-state index is 0.0978. The van der Waals surface area contributed by atoms with Crippen molar-refractivity contribution in [3.8, 4) is 0 Å². The molecule has 0 saturated carbocycles. The fourth-order valence-electron chi connectivity index (χ4n) is 1.60. The first-order chi connectivity index (χ1) is 8.49. The molecule has 0 atom stereocenters. The second-order valence-electron chi connectivity index (χ2n) is 3.95. The third kappa shape index (κ3) is 2.74. The average molecular weight is 300 g/mol. The molecule has 0 aliphatic rings. The van der Waals surface area contributed by atoms with Gasteiger partial charge in [0.05, 0.1) is 27.7 Å². The number of rotatable bonds is 3. The molecule has 0 amide bonds. The SMILES string of the molecule is Cc1nc(CC(=O)c2c(Cl)cccc2Cl)sc1C. The molecule has 0 aliphatic heterocycles. The lowest BCUT2D eigenvalue weighted by atomic mass is 10.1. The third-order valence-electron chi connectivity index (χ3n) is 2.63. The Hall–Kier alpha value is -0.900. The van der Waals surface area contributed by atoms with Crippen molar-refractivity contribution < 1.29 is 4.79 Å². The van der Waals surface area contributed by atoms with Crippen LogP contribution in [-0.4, -0.2) is 10.8 Å². The molecule has 0 aliphatic carbocycles. The number of benzene rings is 1. The molecule has 0 unspecified atom stereocenters. The maximum atomic E-state index is 12.2. The minimum Gasteiger partial charge on any atom is -0.294 e. The van der Waals surface area contributed by atoms with Gasteiger partial charge in [0.1, 0.15) is 5.01 Å². The molecule has 94 valence electrons.